The van der Waals surface area contributed by atoms with Crippen molar-refractivity contribution in [2.24, 2.45) is 5.92 Å². The average molecular weight is 245 g/mol. The minimum Gasteiger partial charge on any atom is -0.379 e. The Balaban J connectivity index is 3.72. The van der Waals surface area contributed by atoms with E-state index in [1.165, 1.54) is 12.8 Å². The highest BCUT2D eigenvalue weighted by atomic mass is 16.5. The molecule has 17 heavy (non-hydrogen) atoms. The molecule has 1 N–H and O–H groups in total. The Labute approximate surface area is 107 Å². The van der Waals surface area contributed by atoms with E-state index in [4.69, 9.17) is 9.47 Å². The summed E-state index contributed by atoms with van der Waals surface area (Å²) in [6.45, 7) is 10.9. The van der Waals surface area contributed by atoms with Crippen LogP contribution < -0.4 is 5.32 Å². The van der Waals surface area contributed by atoms with Gasteiger partial charge in [0.15, 0.2) is 0 Å². The maximum absolute atomic E-state index is 5.89. The maximum atomic E-state index is 5.89. The van der Waals surface area contributed by atoms with Gasteiger partial charge >= 0.3 is 0 Å². The second kappa shape index (κ2) is 11.0. The Bertz CT molecular complexity index is 162. The summed E-state index contributed by atoms with van der Waals surface area (Å²) in [6, 6.07) is 0.468. The van der Waals surface area contributed by atoms with Crippen LogP contribution in [0.25, 0.3) is 0 Å². The lowest BCUT2D eigenvalue weighted by Gasteiger charge is -2.26. The summed E-state index contributed by atoms with van der Waals surface area (Å²) in [5.41, 5.74) is 0. The van der Waals surface area contributed by atoms with Crippen molar-refractivity contribution in [1.29, 1.82) is 0 Å². The van der Waals surface area contributed by atoms with Gasteiger partial charge in [-0.15, -0.1) is 0 Å². The third-order valence-electron chi connectivity index (χ3n) is 2.83. The Morgan fingerprint density at radius 3 is 2.29 bits per heavy atom. The van der Waals surface area contributed by atoms with Crippen LogP contribution in [0.15, 0.2) is 0 Å². The summed E-state index contributed by atoms with van der Waals surface area (Å²) in [5.74, 6) is 0.599. The van der Waals surface area contributed by atoms with Crippen molar-refractivity contribution < 1.29 is 9.47 Å². The van der Waals surface area contributed by atoms with E-state index in [1.807, 2.05) is 7.05 Å². The molecule has 3 heteroatoms. The van der Waals surface area contributed by atoms with Crippen LogP contribution in [0.4, 0.5) is 0 Å². The zero-order valence-electron chi connectivity index (χ0n) is 12.3. The highest BCUT2D eigenvalue weighted by molar-refractivity contribution is 4.74. The van der Waals surface area contributed by atoms with Crippen LogP contribution in [0, 0.1) is 5.92 Å². The SMILES string of the molecule is CCCC(NC)C(CC)OCCOCC(C)C. The van der Waals surface area contributed by atoms with Crippen LogP contribution in [0.3, 0.4) is 0 Å². The molecule has 0 rings (SSSR count). The van der Waals surface area contributed by atoms with E-state index in [1.54, 1.807) is 0 Å². The molecule has 0 saturated carbocycles. The molecule has 0 saturated heterocycles. The van der Waals surface area contributed by atoms with Crippen molar-refractivity contribution in [2.45, 2.75) is 59.1 Å². The molecular weight excluding hydrogens is 214 g/mol. The first-order valence-electron chi connectivity index (χ1n) is 7.02. The van der Waals surface area contributed by atoms with Crippen molar-refractivity contribution in [3.8, 4) is 0 Å². The zero-order valence-corrected chi connectivity index (χ0v) is 12.3. The normalized spacial score (nSPS) is 15.2. The maximum Gasteiger partial charge on any atom is 0.0726 e. The minimum atomic E-state index is 0.308. The van der Waals surface area contributed by atoms with Crippen LogP contribution in [0.2, 0.25) is 0 Å². The topological polar surface area (TPSA) is 30.5 Å². The predicted molar refractivity (Wildman–Crippen MR) is 73.4 cm³/mol. The minimum absolute atomic E-state index is 0.308. The van der Waals surface area contributed by atoms with E-state index in [-0.39, 0.29) is 0 Å². The van der Waals surface area contributed by atoms with Crippen molar-refractivity contribution in [2.75, 3.05) is 26.9 Å². The summed E-state index contributed by atoms with van der Waals surface area (Å²) in [7, 11) is 2.02. The molecule has 0 aliphatic carbocycles. The lowest BCUT2D eigenvalue weighted by Crippen LogP contribution is -2.39. The fourth-order valence-electron chi connectivity index (χ4n) is 1.92. The Hall–Kier alpha value is -0.120. The molecule has 0 aliphatic heterocycles. The lowest BCUT2D eigenvalue weighted by molar-refractivity contribution is -0.0174. The highest BCUT2D eigenvalue weighted by Gasteiger charge is 2.17. The van der Waals surface area contributed by atoms with E-state index >= 15 is 0 Å². The smallest absolute Gasteiger partial charge is 0.0726 e. The number of ether oxygens (including phenoxy) is 2. The molecule has 0 aromatic carbocycles. The molecule has 0 aliphatic rings. The van der Waals surface area contributed by atoms with Crippen LogP contribution in [0.5, 0.6) is 0 Å². The van der Waals surface area contributed by atoms with E-state index in [2.05, 4.69) is 33.0 Å². The van der Waals surface area contributed by atoms with Crippen molar-refractivity contribution >= 4 is 0 Å². The van der Waals surface area contributed by atoms with Crippen LogP contribution in [-0.2, 0) is 9.47 Å². The zero-order chi connectivity index (χ0) is 13.1. The molecule has 0 fully saturated rings. The van der Waals surface area contributed by atoms with Gasteiger partial charge in [0.2, 0.25) is 0 Å². The first kappa shape index (κ1) is 16.9. The lowest BCUT2D eigenvalue weighted by atomic mass is 10.0. The van der Waals surface area contributed by atoms with Gasteiger partial charge in [-0.3, -0.25) is 0 Å². The first-order chi connectivity index (χ1) is 8.15. The second-order valence-electron chi connectivity index (χ2n) is 4.97. The first-order valence-corrected chi connectivity index (χ1v) is 7.02. The van der Waals surface area contributed by atoms with E-state index in [0.29, 0.717) is 31.3 Å². The summed E-state index contributed by atoms with van der Waals surface area (Å²) >= 11 is 0. The summed E-state index contributed by atoms with van der Waals surface area (Å²) in [6.07, 6.45) is 3.72. The Kier molecular flexibility index (Phi) is 10.9. The van der Waals surface area contributed by atoms with E-state index in [0.717, 1.165) is 13.0 Å². The monoisotopic (exact) mass is 245 g/mol. The van der Waals surface area contributed by atoms with Crippen molar-refractivity contribution in [3.63, 3.8) is 0 Å². The van der Waals surface area contributed by atoms with Gasteiger partial charge < -0.3 is 14.8 Å². The number of likely N-dealkylation sites (N-methyl/N-ethyl adjacent to an activating group) is 1. The highest BCUT2D eigenvalue weighted by Crippen LogP contribution is 2.09. The van der Waals surface area contributed by atoms with Gasteiger partial charge in [0, 0.05) is 12.6 Å². The molecule has 3 nitrogen and oxygen atoms in total. The number of rotatable bonds is 11. The van der Waals surface area contributed by atoms with Gasteiger partial charge in [-0.1, -0.05) is 34.1 Å². The molecule has 0 heterocycles. The molecule has 0 amide bonds. The van der Waals surface area contributed by atoms with Crippen LogP contribution in [0.1, 0.15) is 47.0 Å². The fourth-order valence-corrected chi connectivity index (χ4v) is 1.92. The molecule has 2 unspecified atom stereocenters. The number of nitrogens with one attached hydrogen (secondary N) is 1. The van der Waals surface area contributed by atoms with E-state index in [9.17, 15) is 0 Å². The Morgan fingerprint density at radius 2 is 1.82 bits per heavy atom. The summed E-state index contributed by atoms with van der Waals surface area (Å²) in [4.78, 5) is 0. The molecule has 2 atom stereocenters. The van der Waals surface area contributed by atoms with Gasteiger partial charge in [0.05, 0.1) is 19.3 Å². The summed E-state index contributed by atoms with van der Waals surface area (Å²) < 4.78 is 11.4. The number of hydrogen-bond acceptors (Lipinski definition) is 3. The van der Waals surface area contributed by atoms with Gasteiger partial charge in [0.25, 0.3) is 0 Å². The fraction of sp³-hybridized carbons (Fsp3) is 1.00. The quantitative estimate of drug-likeness (QED) is 0.568. The van der Waals surface area contributed by atoms with E-state index < -0.39 is 0 Å². The molecule has 0 aromatic heterocycles. The standard InChI is InChI=1S/C14H31NO2/c1-6-8-13(15-5)14(7-2)17-10-9-16-11-12(3)4/h12-15H,6-11H2,1-5H3. The molecule has 104 valence electrons. The average Bonchev–Trinajstić information content (AvgIpc) is 2.31. The third-order valence-corrected chi connectivity index (χ3v) is 2.83. The molecule has 0 aromatic rings. The van der Waals surface area contributed by atoms with Gasteiger partial charge in [0.1, 0.15) is 0 Å². The second-order valence-corrected chi connectivity index (χ2v) is 4.97. The molecule has 0 radical (unpaired) electrons. The molecule has 0 bridgehead atoms. The van der Waals surface area contributed by atoms with Gasteiger partial charge in [-0.2, -0.15) is 0 Å². The van der Waals surface area contributed by atoms with Gasteiger partial charge in [-0.25, -0.2) is 0 Å². The van der Waals surface area contributed by atoms with Crippen LogP contribution in [-0.4, -0.2) is 39.0 Å². The molecular formula is C14H31NO2. The van der Waals surface area contributed by atoms with Crippen molar-refractivity contribution in [3.05, 3.63) is 0 Å². The third kappa shape index (κ3) is 8.58. The Morgan fingerprint density at radius 1 is 1.12 bits per heavy atom. The largest absolute Gasteiger partial charge is 0.379 e. The predicted octanol–water partition coefficient (Wildman–Crippen LogP) is 2.84. The molecule has 0 spiro atoms. The summed E-state index contributed by atoms with van der Waals surface area (Å²) in [5, 5.41) is 3.35. The van der Waals surface area contributed by atoms with Crippen molar-refractivity contribution in [1.82, 2.24) is 5.32 Å². The number of hydrogen-bond donors (Lipinski definition) is 1. The van der Waals surface area contributed by atoms with Gasteiger partial charge in [-0.05, 0) is 25.8 Å². The van der Waals surface area contributed by atoms with Crippen LogP contribution >= 0.6 is 0 Å².